The Morgan fingerprint density at radius 1 is 1.37 bits per heavy atom. The molecular formula is C22H33FN4O3. The van der Waals surface area contributed by atoms with Gasteiger partial charge in [0.25, 0.3) is 0 Å². The molecule has 2 aliphatic rings. The molecule has 3 rings (SSSR count). The first-order valence-electron chi connectivity index (χ1n) is 10.8. The highest BCUT2D eigenvalue weighted by molar-refractivity contribution is 5.81. The quantitative estimate of drug-likeness (QED) is 0.432. The second-order valence-electron chi connectivity index (χ2n) is 7.68. The smallest absolute Gasteiger partial charge is 0.310 e. The SMILES string of the molecule is CCOC(=O)C1CCCN(C(=NC)NCC(c2cccc(F)c2)N2CCOCC2)C1. The van der Waals surface area contributed by atoms with Gasteiger partial charge in [-0.25, -0.2) is 4.39 Å². The monoisotopic (exact) mass is 420 g/mol. The summed E-state index contributed by atoms with van der Waals surface area (Å²) in [5.41, 5.74) is 0.933. The second kappa shape index (κ2) is 11.3. The second-order valence-corrected chi connectivity index (χ2v) is 7.68. The zero-order valence-corrected chi connectivity index (χ0v) is 18.0. The van der Waals surface area contributed by atoms with Crippen molar-refractivity contribution in [3.63, 3.8) is 0 Å². The van der Waals surface area contributed by atoms with Crippen molar-refractivity contribution in [2.45, 2.75) is 25.8 Å². The van der Waals surface area contributed by atoms with E-state index in [4.69, 9.17) is 9.47 Å². The van der Waals surface area contributed by atoms with Gasteiger partial charge in [0.05, 0.1) is 31.8 Å². The summed E-state index contributed by atoms with van der Waals surface area (Å²) in [6.45, 7) is 7.22. The van der Waals surface area contributed by atoms with E-state index in [1.807, 2.05) is 13.0 Å². The Kier molecular flexibility index (Phi) is 8.45. The van der Waals surface area contributed by atoms with E-state index in [9.17, 15) is 9.18 Å². The number of likely N-dealkylation sites (tertiary alicyclic amines) is 1. The highest BCUT2D eigenvalue weighted by atomic mass is 19.1. The molecule has 0 amide bonds. The molecule has 2 aliphatic heterocycles. The molecule has 8 heteroatoms. The van der Waals surface area contributed by atoms with E-state index in [0.29, 0.717) is 32.9 Å². The number of ether oxygens (including phenoxy) is 2. The van der Waals surface area contributed by atoms with Gasteiger partial charge in [-0.1, -0.05) is 12.1 Å². The number of morpholine rings is 1. The summed E-state index contributed by atoms with van der Waals surface area (Å²) in [5, 5.41) is 3.46. The van der Waals surface area contributed by atoms with E-state index >= 15 is 0 Å². The molecular weight excluding hydrogens is 387 g/mol. The fraction of sp³-hybridized carbons (Fsp3) is 0.636. The molecule has 0 saturated carbocycles. The molecule has 0 aromatic heterocycles. The number of nitrogens with zero attached hydrogens (tertiary/aromatic N) is 3. The number of piperidine rings is 1. The van der Waals surface area contributed by atoms with Crippen LogP contribution in [0.1, 0.15) is 31.4 Å². The van der Waals surface area contributed by atoms with Crippen molar-refractivity contribution in [3.8, 4) is 0 Å². The van der Waals surface area contributed by atoms with E-state index in [2.05, 4.69) is 20.1 Å². The van der Waals surface area contributed by atoms with Crippen molar-refractivity contribution < 1.29 is 18.7 Å². The summed E-state index contributed by atoms with van der Waals surface area (Å²) < 4.78 is 24.6. The van der Waals surface area contributed by atoms with Crippen LogP contribution in [0.4, 0.5) is 4.39 Å². The van der Waals surface area contributed by atoms with Gasteiger partial charge in [0.15, 0.2) is 5.96 Å². The lowest BCUT2D eigenvalue weighted by atomic mass is 9.98. The first-order valence-corrected chi connectivity index (χ1v) is 10.8. The maximum absolute atomic E-state index is 13.9. The minimum Gasteiger partial charge on any atom is -0.466 e. The van der Waals surface area contributed by atoms with Gasteiger partial charge in [-0.3, -0.25) is 14.7 Å². The van der Waals surface area contributed by atoms with Gasteiger partial charge in [-0.15, -0.1) is 0 Å². The number of halogens is 1. The van der Waals surface area contributed by atoms with Gasteiger partial charge in [-0.2, -0.15) is 0 Å². The van der Waals surface area contributed by atoms with Crippen molar-refractivity contribution >= 4 is 11.9 Å². The summed E-state index contributed by atoms with van der Waals surface area (Å²) in [6, 6.07) is 6.79. The minimum atomic E-state index is -0.233. The van der Waals surface area contributed by atoms with Crippen LogP contribution in [0, 0.1) is 11.7 Å². The number of guanidine groups is 1. The number of benzene rings is 1. The average Bonchev–Trinajstić information content (AvgIpc) is 2.78. The molecule has 2 fully saturated rings. The van der Waals surface area contributed by atoms with Crippen LogP contribution in [0.2, 0.25) is 0 Å². The van der Waals surface area contributed by atoms with Crippen molar-refractivity contribution in [3.05, 3.63) is 35.6 Å². The lowest BCUT2D eigenvalue weighted by Gasteiger charge is -2.37. The van der Waals surface area contributed by atoms with E-state index in [1.54, 1.807) is 19.2 Å². The summed E-state index contributed by atoms with van der Waals surface area (Å²) in [4.78, 5) is 21.1. The fourth-order valence-electron chi connectivity index (χ4n) is 4.20. The molecule has 0 aliphatic carbocycles. The molecule has 30 heavy (non-hydrogen) atoms. The molecule has 7 nitrogen and oxygen atoms in total. The van der Waals surface area contributed by atoms with Gasteiger partial charge in [0.1, 0.15) is 5.82 Å². The van der Waals surface area contributed by atoms with Gasteiger partial charge in [-0.05, 0) is 37.5 Å². The number of carbonyl (C=O) groups is 1. The van der Waals surface area contributed by atoms with Crippen LogP contribution in [0.25, 0.3) is 0 Å². The number of esters is 1. The number of carbonyl (C=O) groups excluding carboxylic acids is 1. The van der Waals surface area contributed by atoms with Crippen LogP contribution in [0.3, 0.4) is 0 Å². The van der Waals surface area contributed by atoms with E-state index in [-0.39, 0.29) is 23.7 Å². The normalized spacial score (nSPS) is 21.9. The molecule has 2 atom stereocenters. The Balaban J connectivity index is 1.67. The number of rotatable bonds is 6. The first-order chi connectivity index (χ1) is 14.6. The fourth-order valence-corrected chi connectivity index (χ4v) is 4.20. The summed E-state index contributed by atoms with van der Waals surface area (Å²) in [6.07, 6.45) is 1.76. The molecule has 0 bridgehead atoms. The largest absolute Gasteiger partial charge is 0.466 e. The van der Waals surface area contributed by atoms with Crippen molar-refractivity contribution in [1.82, 2.24) is 15.1 Å². The first kappa shape index (κ1) is 22.5. The lowest BCUT2D eigenvalue weighted by molar-refractivity contribution is -0.149. The van der Waals surface area contributed by atoms with Crippen molar-refractivity contribution in [2.75, 3.05) is 59.6 Å². The Morgan fingerprint density at radius 2 is 2.17 bits per heavy atom. The van der Waals surface area contributed by atoms with Gasteiger partial charge >= 0.3 is 5.97 Å². The van der Waals surface area contributed by atoms with Crippen LogP contribution in [-0.4, -0.2) is 81.3 Å². The molecule has 166 valence electrons. The highest BCUT2D eigenvalue weighted by Gasteiger charge is 2.29. The molecule has 2 saturated heterocycles. The molecule has 0 spiro atoms. The molecule has 0 radical (unpaired) electrons. The van der Waals surface area contributed by atoms with Crippen LogP contribution in [0.15, 0.2) is 29.3 Å². The zero-order chi connectivity index (χ0) is 21.3. The lowest BCUT2D eigenvalue weighted by Crippen LogP contribution is -2.50. The zero-order valence-electron chi connectivity index (χ0n) is 18.0. The number of aliphatic imine (C=N–C) groups is 1. The maximum Gasteiger partial charge on any atom is 0.310 e. The predicted octanol–water partition coefficient (Wildman–Crippen LogP) is 2.05. The van der Waals surface area contributed by atoms with Crippen LogP contribution >= 0.6 is 0 Å². The van der Waals surface area contributed by atoms with E-state index in [0.717, 1.165) is 44.0 Å². The highest BCUT2D eigenvalue weighted by Crippen LogP contribution is 2.23. The van der Waals surface area contributed by atoms with Crippen LogP contribution in [0.5, 0.6) is 0 Å². The number of hydrogen-bond donors (Lipinski definition) is 1. The number of nitrogens with one attached hydrogen (secondary N) is 1. The predicted molar refractivity (Wildman–Crippen MR) is 114 cm³/mol. The Morgan fingerprint density at radius 3 is 2.87 bits per heavy atom. The topological polar surface area (TPSA) is 66.4 Å². The number of hydrogen-bond acceptors (Lipinski definition) is 5. The molecule has 1 aromatic carbocycles. The van der Waals surface area contributed by atoms with Gasteiger partial charge in [0, 0.05) is 39.8 Å². The minimum absolute atomic E-state index is 0.00648. The third-order valence-corrected chi connectivity index (χ3v) is 5.73. The third kappa shape index (κ3) is 5.92. The third-order valence-electron chi connectivity index (χ3n) is 5.73. The molecule has 2 heterocycles. The molecule has 2 unspecified atom stereocenters. The van der Waals surface area contributed by atoms with Crippen LogP contribution < -0.4 is 5.32 Å². The Bertz CT molecular complexity index is 724. The summed E-state index contributed by atoms with van der Waals surface area (Å²) in [5.74, 6) is 0.265. The van der Waals surface area contributed by atoms with E-state index < -0.39 is 0 Å². The molecule has 1 aromatic rings. The van der Waals surface area contributed by atoms with Gasteiger partial charge < -0.3 is 19.7 Å². The average molecular weight is 421 g/mol. The van der Waals surface area contributed by atoms with Crippen molar-refractivity contribution in [1.29, 1.82) is 0 Å². The van der Waals surface area contributed by atoms with Crippen LogP contribution in [-0.2, 0) is 14.3 Å². The maximum atomic E-state index is 13.9. The molecule has 1 N–H and O–H groups in total. The van der Waals surface area contributed by atoms with E-state index in [1.165, 1.54) is 6.07 Å². The summed E-state index contributed by atoms with van der Waals surface area (Å²) in [7, 11) is 1.75. The Labute approximate surface area is 178 Å². The summed E-state index contributed by atoms with van der Waals surface area (Å²) >= 11 is 0. The van der Waals surface area contributed by atoms with Gasteiger partial charge in [0.2, 0.25) is 0 Å². The Hall–Kier alpha value is -2.19. The van der Waals surface area contributed by atoms with Crippen molar-refractivity contribution in [2.24, 2.45) is 10.9 Å². The standard InChI is InChI=1S/C22H33FN4O3/c1-3-30-21(28)18-7-5-9-27(16-18)22(24-2)25-15-20(26-10-12-29-13-11-26)17-6-4-8-19(23)14-17/h4,6,8,14,18,20H,3,5,7,9-13,15-16H2,1-2H3,(H,24,25).